The van der Waals surface area contributed by atoms with Gasteiger partial charge in [0, 0.05) is 32.1 Å². The Morgan fingerprint density at radius 3 is 2.89 bits per heavy atom. The van der Waals surface area contributed by atoms with E-state index < -0.39 is 11.1 Å². The molecule has 0 spiro atoms. The summed E-state index contributed by atoms with van der Waals surface area (Å²) in [6, 6.07) is 6.29. The minimum atomic E-state index is -0.583. The zero-order valence-corrected chi connectivity index (χ0v) is 17.0. The highest BCUT2D eigenvalue weighted by molar-refractivity contribution is 5.80. The van der Waals surface area contributed by atoms with Crippen molar-refractivity contribution in [3.05, 3.63) is 42.1 Å². The molecule has 27 heavy (non-hydrogen) atoms. The summed E-state index contributed by atoms with van der Waals surface area (Å²) in [4.78, 5) is 14.9. The largest absolute Gasteiger partial charge is 0.444 e. The molecule has 1 N–H and O–H groups in total. The average Bonchev–Trinajstić information content (AvgIpc) is 2.99. The number of ether oxygens (including phenoxy) is 1. The highest BCUT2D eigenvalue weighted by Crippen LogP contribution is 2.35. The third-order valence-corrected chi connectivity index (χ3v) is 4.88. The number of benzene rings is 1. The van der Waals surface area contributed by atoms with Crippen molar-refractivity contribution in [2.45, 2.75) is 45.3 Å². The molecule has 6 heteroatoms. The van der Waals surface area contributed by atoms with Crippen LogP contribution in [0.1, 0.15) is 39.7 Å². The molecule has 0 saturated carbocycles. The molecule has 2 heterocycles. The number of nitrogens with zero attached hydrogens (tertiary/aromatic N) is 3. The molecule has 0 radical (unpaired) electrons. The summed E-state index contributed by atoms with van der Waals surface area (Å²) in [5, 5.41) is 8.87. The van der Waals surface area contributed by atoms with E-state index >= 15 is 0 Å². The molecule has 1 aromatic carbocycles. The summed E-state index contributed by atoms with van der Waals surface area (Å²) in [5.41, 5.74) is 1.02. The number of allylic oxidation sites excluding steroid dienone is 1. The van der Waals surface area contributed by atoms with E-state index in [1.54, 1.807) is 0 Å². The lowest BCUT2D eigenvalue weighted by Gasteiger charge is -2.46. The molecule has 1 aliphatic rings. The predicted octanol–water partition coefficient (Wildman–Crippen LogP) is 3.58. The van der Waals surface area contributed by atoms with Gasteiger partial charge in [0.1, 0.15) is 11.1 Å². The van der Waals surface area contributed by atoms with Gasteiger partial charge in [-0.15, -0.1) is 0 Å². The second-order valence-electron chi connectivity index (χ2n) is 8.09. The van der Waals surface area contributed by atoms with Crippen molar-refractivity contribution in [2.75, 3.05) is 19.6 Å². The van der Waals surface area contributed by atoms with Crippen molar-refractivity contribution in [2.24, 2.45) is 7.05 Å². The van der Waals surface area contributed by atoms with E-state index in [0.717, 1.165) is 29.4 Å². The summed E-state index contributed by atoms with van der Waals surface area (Å²) in [7, 11) is 1.93. The minimum Gasteiger partial charge on any atom is -0.444 e. The van der Waals surface area contributed by atoms with Gasteiger partial charge in [0.2, 0.25) is 0 Å². The Hall–Kier alpha value is -2.34. The summed E-state index contributed by atoms with van der Waals surface area (Å²) in [6.07, 6.45) is 6.75. The van der Waals surface area contributed by atoms with Gasteiger partial charge in [-0.25, -0.2) is 4.79 Å². The van der Waals surface area contributed by atoms with Crippen molar-refractivity contribution in [1.29, 1.82) is 0 Å². The van der Waals surface area contributed by atoms with Crippen LogP contribution in [0, 0.1) is 0 Å². The Morgan fingerprint density at radius 1 is 1.41 bits per heavy atom. The van der Waals surface area contributed by atoms with E-state index in [2.05, 4.69) is 47.7 Å². The number of fused-ring (bicyclic) bond motifs is 1. The number of nitrogens with one attached hydrogen (secondary N) is 1. The highest BCUT2D eigenvalue weighted by atomic mass is 16.6. The molecule has 3 rings (SSSR count). The number of amides is 1. The SMILES string of the molecule is CCC=CC1(c2ccc3c(cnn3C)c2)CNCCN1C(=O)OC(C)(C)C. The van der Waals surface area contributed by atoms with Crippen LogP contribution in [-0.2, 0) is 17.3 Å². The first-order chi connectivity index (χ1) is 12.8. The van der Waals surface area contributed by atoms with E-state index in [1.165, 1.54) is 0 Å². The van der Waals surface area contributed by atoms with E-state index in [-0.39, 0.29) is 6.09 Å². The number of hydrogen-bond donors (Lipinski definition) is 1. The Bertz CT molecular complexity index is 849. The zero-order valence-electron chi connectivity index (χ0n) is 17.0. The number of piperazine rings is 1. The molecule has 1 saturated heterocycles. The van der Waals surface area contributed by atoms with Gasteiger partial charge in [0.25, 0.3) is 0 Å². The van der Waals surface area contributed by atoms with Crippen LogP contribution in [0.25, 0.3) is 10.9 Å². The van der Waals surface area contributed by atoms with Crippen molar-refractivity contribution in [3.8, 4) is 0 Å². The molecule has 1 atom stereocenters. The first-order valence-corrected chi connectivity index (χ1v) is 9.58. The smallest absolute Gasteiger partial charge is 0.411 e. The minimum absolute atomic E-state index is 0.281. The molecule has 0 bridgehead atoms. The summed E-state index contributed by atoms with van der Waals surface area (Å²) in [5.74, 6) is 0. The first kappa shape index (κ1) is 19.4. The quantitative estimate of drug-likeness (QED) is 0.839. The van der Waals surface area contributed by atoms with E-state index in [4.69, 9.17) is 4.74 Å². The molecule has 146 valence electrons. The fraction of sp³-hybridized carbons (Fsp3) is 0.524. The fourth-order valence-corrected chi connectivity index (χ4v) is 3.58. The average molecular weight is 370 g/mol. The molecule has 6 nitrogen and oxygen atoms in total. The van der Waals surface area contributed by atoms with Crippen LogP contribution in [0.15, 0.2) is 36.5 Å². The summed E-state index contributed by atoms with van der Waals surface area (Å²) < 4.78 is 7.59. The Morgan fingerprint density at radius 2 is 2.19 bits per heavy atom. The lowest BCUT2D eigenvalue weighted by Crippen LogP contribution is -2.60. The van der Waals surface area contributed by atoms with Gasteiger partial charge < -0.3 is 10.1 Å². The van der Waals surface area contributed by atoms with Crippen molar-refractivity contribution in [3.63, 3.8) is 0 Å². The van der Waals surface area contributed by atoms with Crippen LogP contribution in [0.5, 0.6) is 0 Å². The predicted molar refractivity (Wildman–Crippen MR) is 108 cm³/mol. The van der Waals surface area contributed by atoms with Gasteiger partial charge in [-0.05, 0) is 44.9 Å². The van der Waals surface area contributed by atoms with E-state index in [0.29, 0.717) is 13.1 Å². The lowest BCUT2D eigenvalue weighted by atomic mass is 9.85. The molecule has 1 aliphatic heterocycles. The monoisotopic (exact) mass is 370 g/mol. The third kappa shape index (κ3) is 3.86. The molecule has 2 aromatic rings. The molecule has 1 aromatic heterocycles. The highest BCUT2D eigenvalue weighted by Gasteiger charge is 2.43. The normalized spacial score (nSPS) is 21.1. The maximum Gasteiger partial charge on any atom is 0.411 e. The maximum atomic E-state index is 13.1. The summed E-state index contributed by atoms with van der Waals surface area (Å²) >= 11 is 0. The fourth-order valence-electron chi connectivity index (χ4n) is 3.58. The van der Waals surface area contributed by atoms with Crippen LogP contribution in [-0.4, -0.2) is 46.0 Å². The Kier molecular flexibility index (Phi) is 5.29. The van der Waals surface area contributed by atoms with E-state index in [1.807, 2.05) is 43.6 Å². The van der Waals surface area contributed by atoms with Crippen molar-refractivity contribution >= 4 is 17.0 Å². The lowest BCUT2D eigenvalue weighted by molar-refractivity contribution is -0.00159. The van der Waals surface area contributed by atoms with Crippen molar-refractivity contribution < 1.29 is 9.53 Å². The van der Waals surface area contributed by atoms with Crippen LogP contribution < -0.4 is 5.32 Å². The van der Waals surface area contributed by atoms with Gasteiger partial charge in [-0.1, -0.05) is 25.1 Å². The molecule has 1 amide bonds. The Balaban J connectivity index is 2.10. The van der Waals surface area contributed by atoms with Crippen LogP contribution in [0.4, 0.5) is 4.79 Å². The molecule has 0 aliphatic carbocycles. The van der Waals surface area contributed by atoms with Gasteiger partial charge in [-0.3, -0.25) is 9.58 Å². The molecule has 1 fully saturated rings. The molecule has 1 unspecified atom stereocenters. The van der Waals surface area contributed by atoms with Crippen LogP contribution in [0.2, 0.25) is 0 Å². The maximum absolute atomic E-state index is 13.1. The van der Waals surface area contributed by atoms with Crippen molar-refractivity contribution in [1.82, 2.24) is 20.0 Å². The number of aryl methyl sites for hydroxylation is 1. The Labute approximate surface area is 161 Å². The van der Waals surface area contributed by atoms with Gasteiger partial charge in [0.05, 0.1) is 11.7 Å². The first-order valence-electron chi connectivity index (χ1n) is 9.58. The van der Waals surface area contributed by atoms with Crippen LogP contribution >= 0.6 is 0 Å². The molecular weight excluding hydrogens is 340 g/mol. The zero-order chi connectivity index (χ0) is 19.7. The standard InChI is InChI=1S/C21H30N4O2/c1-6-7-10-21(17-8-9-18-16(13-17)14-23-24(18)5)15-22-11-12-25(21)19(26)27-20(2,3)4/h7-10,13-14,22H,6,11-12,15H2,1-5H3. The number of aromatic nitrogens is 2. The second-order valence-corrected chi connectivity index (χ2v) is 8.09. The number of carbonyl (C=O) groups excluding carboxylic acids is 1. The molecular formula is C21H30N4O2. The van der Waals surface area contributed by atoms with Gasteiger partial charge in [0.15, 0.2) is 0 Å². The van der Waals surface area contributed by atoms with Gasteiger partial charge in [-0.2, -0.15) is 5.10 Å². The van der Waals surface area contributed by atoms with E-state index in [9.17, 15) is 4.79 Å². The van der Waals surface area contributed by atoms with Crippen LogP contribution in [0.3, 0.4) is 0 Å². The number of carbonyl (C=O) groups is 1. The van der Waals surface area contributed by atoms with Gasteiger partial charge >= 0.3 is 6.09 Å². The number of rotatable bonds is 3. The topological polar surface area (TPSA) is 59.4 Å². The third-order valence-electron chi connectivity index (χ3n) is 4.88. The second kappa shape index (κ2) is 7.35. The number of hydrogen-bond acceptors (Lipinski definition) is 4. The summed E-state index contributed by atoms with van der Waals surface area (Å²) in [6.45, 7) is 9.79.